The van der Waals surface area contributed by atoms with Crippen LogP contribution in [0.2, 0.25) is 0 Å². The van der Waals surface area contributed by atoms with E-state index in [1.54, 1.807) is 30.5 Å². The molecule has 0 radical (unpaired) electrons. The molecule has 0 aromatic heterocycles. The van der Waals surface area contributed by atoms with Crippen LogP contribution in [0, 0.1) is 0 Å². The van der Waals surface area contributed by atoms with E-state index >= 15 is 0 Å². The number of nitrogens with zero attached hydrogens (tertiary/aromatic N) is 2. The van der Waals surface area contributed by atoms with E-state index in [9.17, 15) is 0 Å². The lowest BCUT2D eigenvalue weighted by Crippen LogP contribution is -2.57. The lowest BCUT2D eigenvalue weighted by atomic mass is 10.2. The largest absolute Gasteiger partial charge is 0.495 e. The van der Waals surface area contributed by atoms with Crippen molar-refractivity contribution in [2.45, 2.75) is 7.71 Å². The molecule has 0 fully saturated rings. The van der Waals surface area contributed by atoms with Gasteiger partial charge in [-0.2, -0.15) is 10.5 Å². The van der Waals surface area contributed by atoms with Gasteiger partial charge in [-0.15, -0.1) is 0 Å². The summed E-state index contributed by atoms with van der Waals surface area (Å²) in [4.78, 5) is 0. The van der Waals surface area contributed by atoms with E-state index < -0.39 is 7.71 Å². The van der Waals surface area contributed by atoms with Crippen molar-refractivity contribution in [1.82, 2.24) is 10.5 Å². The first-order valence-corrected chi connectivity index (χ1v) is 8.20. The first-order chi connectivity index (χ1) is 10.1. The summed E-state index contributed by atoms with van der Waals surface area (Å²) in [6.45, 7) is 0.110. The van der Waals surface area contributed by atoms with Crippen LogP contribution in [0.3, 0.4) is 0 Å². The predicted octanol–water partition coefficient (Wildman–Crippen LogP) is 4.82. The van der Waals surface area contributed by atoms with Gasteiger partial charge in [0.15, 0.2) is 0 Å². The zero-order chi connectivity index (χ0) is 16.5. The highest BCUT2D eigenvalue weighted by Gasteiger charge is 2.39. The number of benzene rings is 1. The average Bonchev–Trinajstić information content (AvgIpc) is 2.45. The van der Waals surface area contributed by atoms with Crippen LogP contribution in [-0.2, 0) is 0 Å². The van der Waals surface area contributed by atoms with Crippen LogP contribution < -0.4 is 15.3 Å². The summed E-state index contributed by atoms with van der Waals surface area (Å²) in [5.41, 5.74) is 4.01. The van der Waals surface area contributed by atoms with Crippen LogP contribution >= 0.6 is 69.6 Å². The summed E-state index contributed by atoms with van der Waals surface area (Å²) in [5.74, 6) is 0.598. The molecule has 122 valence electrons. The Morgan fingerprint density at radius 2 is 1.73 bits per heavy atom. The lowest BCUT2D eigenvalue weighted by molar-refractivity contribution is 0.189. The van der Waals surface area contributed by atoms with Crippen molar-refractivity contribution in [2.75, 3.05) is 18.7 Å². The van der Waals surface area contributed by atoms with E-state index in [2.05, 4.69) is 5.53 Å². The van der Waals surface area contributed by atoms with Crippen molar-refractivity contribution in [3.8, 4) is 5.75 Å². The highest BCUT2D eigenvalue weighted by atomic mass is 35.6. The Kier molecular flexibility index (Phi) is 5.90. The third-order valence-electron chi connectivity index (χ3n) is 2.86. The second kappa shape index (κ2) is 6.99. The van der Waals surface area contributed by atoms with Crippen LogP contribution in [0.4, 0.5) is 5.69 Å². The molecule has 0 amide bonds. The van der Waals surface area contributed by atoms with Gasteiger partial charge in [0.25, 0.3) is 3.92 Å². The monoisotopic (exact) mass is 423 g/mol. The van der Waals surface area contributed by atoms with Crippen LogP contribution in [0.1, 0.15) is 0 Å². The number of methoxy groups -OCH3 is 1. The van der Waals surface area contributed by atoms with Gasteiger partial charge >= 0.3 is 0 Å². The van der Waals surface area contributed by atoms with E-state index in [0.717, 1.165) is 0 Å². The van der Waals surface area contributed by atoms with E-state index in [4.69, 9.17) is 74.3 Å². The minimum atomic E-state index is -1.74. The Balaban J connectivity index is 2.44. The predicted molar refractivity (Wildman–Crippen MR) is 94.0 cm³/mol. The Bertz CT molecular complexity index is 569. The highest BCUT2D eigenvalue weighted by Crippen LogP contribution is 2.41. The fraction of sp³-hybridized carbons (Fsp3) is 0.333. The van der Waals surface area contributed by atoms with Crippen LogP contribution in [-0.4, -0.2) is 26.4 Å². The molecule has 22 heavy (non-hydrogen) atoms. The number of halogens is 6. The maximum atomic E-state index is 5.97. The SMILES string of the molecule is COc1ccccc1N1C=C(C(Cl)(Cl)Cl)CN(C(Cl)(Cl)Cl)N1. The zero-order valence-corrected chi connectivity index (χ0v) is 15.7. The van der Waals surface area contributed by atoms with Gasteiger partial charge in [-0.05, 0) is 12.1 Å². The molecule has 4 nitrogen and oxygen atoms in total. The summed E-state index contributed by atoms with van der Waals surface area (Å²) in [6.07, 6.45) is 1.62. The molecule has 2 rings (SSSR count). The number of hydrogen-bond acceptors (Lipinski definition) is 4. The molecule has 0 atom stereocenters. The minimum Gasteiger partial charge on any atom is -0.495 e. The maximum Gasteiger partial charge on any atom is 0.262 e. The van der Waals surface area contributed by atoms with Gasteiger partial charge in [-0.1, -0.05) is 81.7 Å². The van der Waals surface area contributed by atoms with E-state index in [-0.39, 0.29) is 6.54 Å². The molecule has 0 saturated carbocycles. The summed E-state index contributed by atoms with van der Waals surface area (Å²) >= 11 is 35.7. The maximum absolute atomic E-state index is 5.97. The standard InChI is InChI=1S/C12H11Cl6N3O/c1-22-10-5-3-2-4-9(10)20-6-8(11(13,14)15)7-21(19-20)12(16,17)18/h2-6,19H,7H2,1H3. The van der Waals surface area contributed by atoms with Crippen molar-refractivity contribution in [2.24, 2.45) is 0 Å². The van der Waals surface area contributed by atoms with Gasteiger partial charge in [-0.25, -0.2) is 0 Å². The Labute approximate surface area is 158 Å². The highest BCUT2D eigenvalue weighted by molar-refractivity contribution is 6.69. The molecule has 0 unspecified atom stereocenters. The van der Waals surface area contributed by atoms with Gasteiger partial charge < -0.3 is 4.74 Å². The fourth-order valence-corrected chi connectivity index (χ4v) is 2.44. The summed E-state index contributed by atoms with van der Waals surface area (Å²) in [6, 6.07) is 7.25. The van der Waals surface area contributed by atoms with Gasteiger partial charge in [0, 0.05) is 18.3 Å². The average molecular weight is 426 g/mol. The molecule has 1 aromatic rings. The molecule has 1 N–H and O–H groups in total. The van der Waals surface area contributed by atoms with Gasteiger partial charge in [0.2, 0.25) is 3.79 Å². The van der Waals surface area contributed by atoms with E-state index in [0.29, 0.717) is 17.0 Å². The molecule has 1 aromatic carbocycles. The number of para-hydroxylation sites is 2. The third kappa shape index (κ3) is 4.40. The van der Waals surface area contributed by atoms with Crippen molar-refractivity contribution in [3.63, 3.8) is 0 Å². The number of anilines is 1. The second-order valence-corrected chi connectivity index (χ2v) is 8.85. The van der Waals surface area contributed by atoms with Gasteiger partial charge in [0.05, 0.1) is 7.11 Å². The smallest absolute Gasteiger partial charge is 0.262 e. The molecule has 1 heterocycles. The molecular weight excluding hydrogens is 415 g/mol. The molecule has 1 aliphatic heterocycles. The number of nitrogens with one attached hydrogen (secondary N) is 1. The quantitative estimate of drug-likeness (QED) is 0.543. The summed E-state index contributed by atoms with van der Waals surface area (Å²) in [5, 5.41) is 2.86. The summed E-state index contributed by atoms with van der Waals surface area (Å²) < 4.78 is 1.93. The Morgan fingerprint density at radius 3 is 2.27 bits per heavy atom. The number of alkyl halides is 6. The first-order valence-electron chi connectivity index (χ1n) is 5.93. The number of ether oxygens (including phenoxy) is 1. The van der Waals surface area contributed by atoms with Crippen molar-refractivity contribution < 1.29 is 4.74 Å². The molecule has 0 aliphatic carbocycles. The summed E-state index contributed by atoms with van der Waals surface area (Å²) in [7, 11) is 1.55. The lowest BCUT2D eigenvalue weighted by Gasteiger charge is -2.40. The number of hydrazine groups is 2. The van der Waals surface area contributed by atoms with E-state index in [1.165, 1.54) is 5.01 Å². The molecule has 1 aliphatic rings. The minimum absolute atomic E-state index is 0.110. The molecule has 0 saturated heterocycles. The third-order valence-corrected chi connectivity index (χ3v) is 4.20. The van der Waals surface area contributed by atoms with Crippen LogP contribution in [0.25, 0.3) is 0 Å². The molecule has 0 spiro atoms. The molecular formula is C12H11Cl6N3O. The molecule has 0 bridgehead atoms. The van der Waals surface area contributed by atoms with Crippen molar-refractivity contribution in [1.29, 1.82) is 0 Å². The number of rotatable bonds is 2. The van der Waals surface area contributed by atoms with Crippen LogP contribution in [0.15, 0.2) is 36.0 Å². The van der Waals surface area contributed by atoms with Crippen LogP contribution in [0.5, 0.6) is 5.75 Å². The van der Waals surface area contributed by atoms with Gasteiger partial charge in [-0.3, -0.25) is 5.01 Å². The molecule has 10 heteroatoms. The van der Waals surface area contributed by atoms with E-state index in [1.807, 2.05) is 12.1 Å². The van der Waals surface area contributed by atoms with Crippen molar-refractivity contribution >= 4 is 75.3 Å². The van der Waals surface area contributed by atoms with Gasteiger partial charge in [0.1, 0.15) is 11.4 Å². The second-order valence-electron chi connectivity index (χ2n) is 4.35. The number of hydrogen-bond donors (Lipinski definition) is 1. The topological polar surface area (TPSA) is 27.7 Å². The Hall–Kier alpha value is 0.220. The normalized spacial score (nSPS) is 17.4. The zero-order valence-electron chi connectivity index (χ0n) is 11.2. The first kappa shape index (κ1) is 18.6. The fourth-order valence-electron chi connectivity index (χ4n) is 1.82. The van der Waals surface area contributed by atoms with Crippen molar-refractivity contribution in [3.05, 3.63) is 36.0 Å². The Morgan fingerprint density at radius 1 is 1.09 bits per heavy atom.